The maximum atomic E-state index is 13.1. The predicted octanol–water partition coefficient (Wildman–Crippen LogP) is 5.14. The maximum Gasteiger partial charge on any atom is 0.267 e. The summed E-state index contributed by atoms with van der Waals surface area (Å²) < 4.78 is 1.49. The Bertz CT molecular complexity index is 1240. The van der Waals surface area contributed by atoms with E-state index >= 15 is 0 Å². The number of benzene rings is 3. The Morgan fingerprint density at radius 1 is 0.964 bits per heavy atom. The fourth-order valence-corrected chi connectivity index (χ4v) is 3.25. The number of rotatable bonds is 4. The zero-order valence-electron chi connectivity index (χ0n) is 14.5. The molecule has 1 heterocycles. The first-order valence-electron chi connectivity index (χ1n) is 8.45. The summed E-state index contributed by atoms with van der Waals surface area (Å²) in [6.45, 7) is 0. The summed E-state index contributed by atoms with van der Waals surface area (Å²) in [5.74, 6) is 0.302. The number of para-hydroxylation sites is 2. The van der Waals surface area contributed by atoms with Crippen molar-refractivity contribution in [2.24, 2.45) is 5.10 Å². The summed E-state index contributed by atoms with van der Waals surface area (Å²) in [4.78, 5) is 17.6. The molecule has 4 rings (SSSR count). The molecule has 28 heavy (non-hydrogen) atoms. The standard InChI is InChI=1S/C21H14Cl2N4O/c22-15-11-10-14(18(23)12-15)13-24-26-21-25-19-9-5-4-8-17(19)20(28)27(21)16-6-2-1-3-7-16/h1-13H,(H,25,26)/b24-13-. The smallest absolute Gasteiger partial charge is 0.267 e. The molecule has 7 heteroatoms. The number of hydrogen-bond acceptors (Lipinski definition) is 4. The van der Waals surface area contributed by atoms with Gasteiger partial charge in [0.1, 0.15) is 0 Å². The van der Waals surface area contributed by atoms with Crippen LogP contribution in [0.25, 0.3) is 16.6 Å². The van der Waals surface area contributed by atoms with Gasteiger partial charge in [0.05, 0.1) is 27.8 Å². The van der Waals surface area contributed by atoms with Crippen molar-refractivity contribution in [3.63, 3.8) is 0 Å². The fourth-order valence-electron chi connectivity index (χ4n) is 2.79. The minimum absolute atomic E-state index is 0.181. The van der Waals surface area contributed by atoms with Gasteiger partial charge in [-0.3, -0.25) is 4.79 Å². The third-order valence-corrected chi connectivity index (χ3v) is 4.68. The van der Waals surface area contributed by atoms with Gasteiger partial charge < -0.3 is 0 Å². The molecule has 0 saturated carbocycles. The molecular weight excluding hydrogens is 395 g/mol. The first-order chi connectivity index (χ1) is 13.6. The van der Waals surface area contributed by atoms with Crippen LogP contribution in [0.5, 0.6) is 0 Å². The molecule has 138 valence electrons. The second-order valence-corrected chi connectivity index (χ2v) is 6.81. The third-order valence-electron chi connectivity index (χ3n) is 4.12. The Balaban J connectivity index is 1.79. The summed E-state index contributed by atoms with van der Waals surface area (Å²) >= 11 is 12.1. The highest BCUT2D eigenvalue weighted by Gasteiger charge is 2.12. The van der Waals surface area contributed by atoms with Crippen molar-refractivity contribution in [2.45, 2.75) is 0 Å². The van der Waals surface area contributed by atoms with Gasteiger partial charge >= 0.3 is 0 Å². The Morgan fingerprint density at radius 3 is 2.50 bits per heavy atom. The molecule has 5 nitrogen and oxygen atoms in total. The van der Waals surface area contributed by atoms with Crippen LogP contribution < -0.4 is 11.0 Å². The van der Waals surface area contributed by atoms with Crippen LogP contribution in [0, 0.1) is 0 Å². The van der Waals surface area contributed by atoms with Crippen LogP contribution in [0.15, 0.2) is 82.7 Å². The summed E-state index contributed by atoms with van der Waals surface area (Å²) in [7, 11) is 0. The highest BCUT2D eigenvalue weighted by Crippen LogP contribution is 2.20. The van der Waals surface area contributed by atoms with E-state index in [0.29, 0.717) is 38.1 Å². The molecule has 0 amide bonds. The molecule has 4 aromatic rings. The van der Waals surface area contributed by atoms with Crippen molar-refractivity contribution in [1.29, 1.82) is 0 Å². The van der Waals surface area contributed by atoms with E-state index in [0.717, 1.165) is 0 Å². The van der Waals surface area contributed by atoms with Crippen molar-refractivity contribution in [1.82, 2.24) is 9.55 Å². The Kier molecular flexibility index (Phi) is 5.10. The van der Waals surface area contributed by atoms with Crippen LogP contribution in [-0.2, 0) is 0 Å². The Labute approximate surface area is 170 Å². The van der Waals surface area contributed by atoms with Gasteiger partial charge in [-0.15, -0.1) is 0 Å². The van der Waals surface area contributed by atoms with Gasteiger partial charge in [0, 0.05) is 10.6 Å². The average Bonchev–Trinajstić information content (AvgIpc) is 2.70. The van der Waals surface area contributed by atoms with E-state index in [1.54, 1.807) is 36.5 Å². The SMILES string of the molecule is O=c1c2ccccc2nc(N/N=C\c2ccc(Cl)cc2Cl)n1-c1ccccc1. The van der Waals surface area contributed by atoms with Crippen molar-refractivity contribution in [3.8, 4) is 5.69 Å². The summed E-state index contributed by atoms with van der Waals surface area (Å²) in [5, 5.41) is 5.76. The van der Waals surface area contributed by atoms with Crippen molar-refractivity contribution in [3.05, 3.63) is 98.8 Å². The number of anilines is 1. The lowest BCUT2D eigenvalue weighted by molar-refractivity contribution is 0.956. The zero-order valence-corrected chi connectivity index (χ0v) is 16.0. The predicted molar refractivity (Wildman–Crippen MR) is 115 cm³/mol. The molecule has 1 aromatic heterocycles. The fraction of sp³-hybridized carbons (Fsp3) is 0. The minimum Gasteiger partial charge on any atom is -0.268 e. The lowest BCUT2D eigenvalue weighted by Gasteiger charge is -2.12. The topological polar surface area (TPSA) is 59.3 Å². The van der Waals surface area contributed by atoms with E-state index in [9.17, 15) is 4.79 Å². The molecule has 0 aliphatic heterocycles. The summed E-state index contributed by atoms with van der Waals surface area (Å²) in [5.41, 5.74) is 4.64. The maximum absolute atomic E-state index is 13.1. The quantitative estimate of drug-likeness (QED) is 0.375. The molecule has 0 saturated heterocycles. The van der Waals surface area contributed by atoms with Crippen LogP contribution in [0.4, 0.5) is 5.95 Å². The van der Waals surface area contributed by atoms with E-state index in [-0.39, 0.29) is 5.56 Å². The van der Waals surface area contributed by atoms with E-state index in [4.69, 9.17) is 23.2 Å². The zero-order chi connectivity index (χ0) is 19.5. The summed E-state index contributed by atoms with van der Waals surface area (Å²) in [6, 6.07) is 21.6. The number of hydrogen-bond donors (Lipinski definition) is 1. The molecule has 0 unspecified atom stereocenters. The highest BCUT2D eigenvalue weighted by atomic mass is 35.5. The molecule has 0 fully saturated rings. The van der Waals surface area contributed by atoms with Crippen LogP contribution in [-0.4, -0.2) is 15.8 Å². The van der Waals surface area contributed by atoms with Crippen LogP contribution in [0.2, 0.25) is 10.0 Å². The van der Waals surface area contributed by atoms with Crippen LogP contribution >= 0.6 is 23.2 Å². The van der Waals surface area contributed by atoms with Crippen LogP contribution in [0.3, 0.4) is 0 Å². The molecule has 0 radical (unpaired) electrons. The number of nitrogens with zero attached hydrogens (tertiary/aromatic N) is 3. The monoisotopic (exact) mass is 408 g/mol. The van der Waals surface area contributed by atoms with Crippen molar-refractivity contribution < 1.29 is 0 Å². The number of fused-ring (bicyclic) bond motifs is 1. The first-order valence-corrected chi connectivity index (χ1v) is 9.20. The average molecular weight is 409 g/mol. The van der Waals surface area contributed by atoms with Gasteiger partial charge in [-0.2, -0.15) is 5.10 Å². The normalized spacial score (nSPS) is 11.2. The van der Waals surface area contributed by atoms with E-state index in [2.05, 4.69) is 15.5 Å². The molecule has 0 bridgehead atoms. The van der Waals surface area contributed by atoms with Crippen molar-refractivity contribution >= 4 is 46.3 Å². The number of halogens is 2. The molecule has 0 spiro atoms. The van der Waals surface area contributed by atoms with Gasteiger partial charge in [0.2, 0.25) is 5.95 Å². The number of aromatic nitrogens is 2. The van der Waals surface area contributed by atoms with E-state index in [1.807, 2.05) is 42.5 Å². The lowest BCUT2D eigenvalue weighted by atomic mass is 10.2. The Hall–Kier alpha value is -3.15. The lowest BCUT2D eigenvalue weighted by Crippen LogP contribution is -2.22. The molecular formula is C21H14Cl2N4O. The number of nitrogens with one attached hydrogen (secondary N) is 1. The minimum atomic E-state index is -0.181. The van der Waals surface area contributed by atoms with Crippen molar-refractivity contribution in [2.75, 3.05) is 5.43 Å². The third kappa shape index (κ3) is 3.63. The molecule has 0 atom stereocenters. The molecule has 0 aliphatic carbocycles. The van der Waals surface area contributed by atoms with E-state index in [1.165, 1.54) is 4.57 Å². The Morgan fingerprint density at radius 2 is 1.71 bits per heavy atom. The first kappa shape index (κ1) is 18.2. The van der Waals surface area contributed by atoms with Gasteiger partial charge in [-0.1, -0.05) is 59.6 Å². The second-order valence-electron chi connectivity index (χ2n) is 5.96. The molecule has 0 aliphatic rings. The van der Waals surface area contributed by atoms with Gasteiger partial charge in [0.25, 0.3) is 5.56 Å². The summed E-state index contributed by atoms with van der Waals surface area (Å²) in [6.07, 6.45) is 1.55. The van der Waals surface area contributed by atoms with E-state index < -0.39 is 0 Å². The van der Waals surface area contributed by atoms with Gasteiger partial charge in [0.15, 0.2) is 0 Å². The number of hydrazone groups is 1. The van der Waals surface area contributed by atoms with Gasteiger partial charge in [-0.05, 0) is 36.4 Å². The molecule has 1 N–H and O–H groups in total. The second kappa shape index (κ2) is 7.84. The molecule has 3 aromatic carbocycles. The van der Waals surface area contributed by atoms with Crippen LogP contribution in [0.1, 0.15) is 5.56 Å². The largest absolute Gasteiger partial charge is 0.268 e. The highest BCUT2D eigenvalue weighted by molar-refractivity contribution is 6.36. The van der Waals surface area contributed by atoms with Gasteiger partial charge in [-0.25, -0.2) is 15.0 Å².